The number of aromatic carboxylic acids is 2. The van der Waals surface area contributed by atoms with Crippen LogP contribution in [-0.4, -0.2) is 11.9 Å². The molecule has 13 heavy (non-hydrogen) atoms. The molecule has 1 rings (SSSR count). The fourth-order valence-corrected chi connectivity index (χ4v) is 0.839. The summed E-state index contributed by atoms with van der Waals surface area (Å²) in [6.45, 7) is 0. The first-order chi connectivity index (χ1) is 5.63. The van der Waals surface area contributed by atoms with Crippen molar-refractivity contribution in [2.45, 2.75) is 0 Å². The third-order valence-corrected chi connectivity index (χ3v) is 1.37. The molecule has 0 bridgehead atoms. The highest BCUT2D eigenvalue weighted by molar-refractivity contribution is 7.37. The van der Waals surface area contributed by atoms with Crippen LogP contribution in [0.25, 0.3) is 0 Å². The third kappa shape index (κ3) is 2.48. The number of rotatable bonds is 2. The minimum absolute atomic E-state index is 0. The molecular weight excluding hydrogens is 192 g/mol. The van der Waals surface area contributed by atoms with Gasteiger partial charge in [0.25, 0.3) is 0 Å². The Hall–Kier alpha value is -1.49. The molecule has 0 heterocycles. The van der Waals surface area contributed by atoms with E-state index in [2.05, 4.69) is 0 Å². The molecule has 1 aromatic rings. The van der Waals surface area contributed by atoms with E-state index in [1.54, 1.807) is 0 Å². The average Bonchev–Trinajstić information content (AvgIpc) is 2.04. The summed E-state index contributed by atoms with van der Waals surface area (Å²) < 4.78 is 0. The first-order valence-corrected chi connectivity index (χ1v) is 3.14. The molecule has 0 aliphatic carbocycles. The molecule has 66 valence electrons. The van der Waals surface area contributed by atoms with Crippen molar-refractivity contribution in [1.82, 2.24) is 0 Å². The maximum Gasteiger partial charge on any atom is 2.00 e. The largest absolute Gasteiger partial charge is 2.00 e. The molecule has 1 aromatic carbocycles. The molecule has 0 aliphatic rings. The lowest BCUT2D eigenvalue weighted by molar-refractivity contribution is -0.259. The van der Waals surface area contributed by atoms with E-state index in [4.69, 9.17) is 0 Å². The fraction of sp³-hybridized carbons (Fsp3) is 0. The van der Waals surface area contributed by atoms with Crippen molar-refractivity contribution >= 4 is 25.4 Å². The van der Waals surface area contributed by atoms with Crippen LogP contribution in [0.15, 0.2) is 24.3 Å². The molecule has 0 unspecified atom stereocenters. The molecule has 0 amide bonds. The van der Waals surface area contributed by atoms with Crippen molar-refractivity contribution in [2.75, 3.05) is 0 Å². The SMILES string of the molecule is O=C([O-])c1ccccc1C(=O)[O-].[S+2]. The second kappa shape index (κ2) is 4.51. The van der Waals surface area contributed by atoms with Crippen LogP contribution in [0.2, 0.25) is 0 Å². The number of carboxylic acids is 2. The van der Waals surface area contributed by atoms with Crippen LogP contribution in [0.1, 0.15) is 20.7 Å². The number of carboxylic acid groups (broad SMARTS) is 2. The number of hydrogen-bond donors (Lipinski definition) is 0. The molecule has 4 radical (unpaired) electrons. The Bertz CT molecular complexity index is 302. The van der Waals surface area contributed by atoms with E-state index in [1.165, 1.54) is 12.1 Å². The molecule has 5 heteroatoms. The standard InChI is InChI=1S/C8H6O4.S/c9-7(10)5-3-1-2-4-6(5)8(11)12;/h1-4H,(H,9,10)(H,11,12);/q;+2/p-2. The summed E-state index contributed by atoms with van der Waals surface area (Å²) in [5.41, 5.74) is -0.727. The van der Waals surface area contributed by atoms with E-state index in [1.807, 2.05) is 0 Å². The van der Waals surface area contributed by atoms with Gasteiger partial charge in [-0.1, -0.05) is 24.3 Å². The van der Waals surface area contributed by atoms with Crippen LogP contribution in [0, 0.1) is 0 Å². The second-order valence-corrected chi connectivity index (χ2v) is 2.12. The van der Waals surface area contributed by atoms with Gasteiger partial charge in [-0.05, 0) is 0 Å². The van der Waals surface area contributed by atoms with Gasteiger partial charge in [-0.15, -0.1) is 0 Å². The Balaban J connectivity index is 0.00000144. The Kier molecular flexibility index (Phi) is 4.00. The lowest BCUT2D eigenvalue weighted by Gasteiger charge is -2.09. The predicted molar refractivity (Wildman–Crippen MR) is 42.5 cm³/mol. The van der Waals surface area contributed by atoms with Crippen molar-refractivity contribution in [3.05, 3.63) is 35.4 Å². The zero-order chi connectivity index (χ0) is 9.14. The van der Waals surface area contributed by atoms with Crippen LogP contribution >= 0.6 is 0 Å². The minimum atomic E-state index is -1.52. The van der Waals surface area contributed by atoms with E-state index >= 15 is 0 Å². The van der Waals surface area contributed by atoms with Crippen LogP contribution in [0.3, 0.4) is 0 Å². The molecule has 0 saturated heterocycles. The van der Waals surface area contributed by atoms with Crippen molar-refractivity contribution in [3.8, 4) is 0 Å². The zero-order valence-electron chi connectivity index (χ0n) is 6.35. The fourth-order valence-electron chi connectivity index (χ4n) is 0.839. The van der Waals surface area contributed by atoms with Gasteiger partial charge in [0.15, 0.2) is 0 Å². The lowest BCUT2D eigenvalue weighted by atomic mass is 10.1. The average molecular weight is 196 g/mol. The molecule has 0 spiro atoms. The molecule has 0 aromatic heterocycles. The van der Waals surface area contributed by atoms with Gasteiger partial charge in [-0.2, -0.15) is 0 Å². The first kappa shape index (κ1) is 11.5. The Labute approximate surface area is 81.3 Å². The van der Waals surface area contributed by atoms with Crippen LogP contribution in [0.4, 0.5) is 0 Å². The van der Waals surface area contributed by atoms with E-state index < -0.39 is 11.9 Å². The summed E-state index contributed by atoms with van der Waals surface area (Å²) in [5, 5.41) is 20.6. The maximum absolute atomic E-state index is 10.3. The van der Waals surface area contributed by atoms with Crippen LogP contribution < -0.4 is 10.2 Å². The van der Waals surface area contributed by atoms with Gasteiger partial charge in [0.2, 0.25) is 0 Å². The summed E-state index contributed by atoms with van der Waals surface area (Å²) in [7, 11) is 0. The first-order valence-electron chi connectivity index (χ1n) is 3.14. The molecule has 0 N–H and O–H groups in total. The molecule has 0 saturated carbocycles. The van der Waals surface area contributed by atoms with E-state index in [0.717, 1.165) is 12.1 Å². The molecular formula is C8H4O4S. The van der Waals surface area contributed by atoms with Crippen LogP contribution in [0.5, 0.6) is 0 Å². The number of carbonyl (C=O) groups is 2. The Morgan fingerprint density at radius 2 is 1.23 bits per heavy atom. The number of carbonyl (C=O) groups excluding carboxylic acids is 2. The van der Waals surface area contributed by atoms with Gasteiger partial charge in [-0.3, -0.25) is 0 Å². The molecule has 0 aliphatic heterocycles. The van der Waals surface area contributed by atoms with Crippen molar-refractivity contribution in [2.24, 2.45) is 0 Å². The van der Waals surface area contributed by atoms with Gasteiger partial charge >= 0.3 is 13.5 Å². The van der Waals surface area contributed by atoms with Crippen molar-refractivity contribution in [1.29, 1.82) is 0 Å². The maximum atomic E-state index is 10.3. The third-order valence-electron chi connectivity index (χ3n) is 1.37. The predicted octanol–water partition coefficient (Wildman–Crippen LogP) is -1.59. The molecule has 0 atom stereocenters. The highest BCUT2D eigenvalue weighted by atomic mass is 32.1. The number of benzene rings is 1. The highest BCUT2D eigenvalue weighted by Crippen LogP contribution is 2.05. The van der Waals surface area contributed by atoms with Gasteiger partial charge in [0, 0.05) is 11.1 Å². The summed E-state index contributed by atoms with van der Waals surface area (Å²) in [5.74, 6) is -3.04. The van der Waals surface area contributed by atoms with E-state index in [0.29, 0.717) is 0 Å². The van der Waals surface area contributed by atoms with Gasteiger partial charge in [-0.25, -0.2) is 0 Å². The summed E-state index contributed by atoms with van der Waals surface area (Å²) in [6, 6.07) is 5.14. The van der Waals surface area contributed by atoms with Crippen molar-refractivity contribution in [3.63, 3.8) is 0 Å². The van der Waals surface area contributed by atoms with Gasteiger partial charge < -0.3 is 19.8 Å². The summed E-state index contributed by atoms with van der Waals surface area (Å²) in [6.07, 6.45) is 0. The topological polar surface area (TPSA) is 80.3 Å². The van der Waals surface area contributed by atoms with Crippen LogP contribution in [-0.2, 0) is 13.5 Å². The normalized spacial score (nSPS) is 8.62. The quantitative estimate of drug-likeness (QED) is 0.571. The molecule has 4 nitrogen and oxygen atoms in total. The van der Waals surface area contributed by atoms with Gasteiger partial charge in [0.05, 0.1) is 11.9 Å². The highest BCUT2D eigenvalue weighted by Gasteiger charge is 2.01. The summed E-state index contributed by atoms with van der Waals surface area (Å²) >= 11 is 0. The second-order valence-electron chi connectivity index (χ2n) is 2.12. The van der Waals surface area contributed by atoms with Crippen molar-refractivity contribution < 1.29 is 19.8 Å². The molecule has 0 fully saturated rings. The Morgan fingerprint density at radius 1 is 0.923 bits per heavy atom. The lowest BCUT2D eigenvalue weighted by Crippen LogP contribution is -2.29. The minimum Gasteiger partial charge on any atom is -0.545 e. The zero-order valence-corrected chi connectivity index (χ0v) is 7.17. The number of hydrogen-bond acceptors (Lipinski definition) is 4. The van der Waals surface area contributed by atoms with E-state index in [9.17, 15) is 19.8 Å². The van der Waals surface area contributed by atoms with E-state index in [-0.39, 0.29) is 24.6 Å². The monoisotopic (exact) mass is 196 g/mol. The Morgan fingerprint density at radius 3 is 1.46 bits per heavy atom. The smallest absolute Gasteiger partial charge is 0.545 e. The van der Waals surface area contributed by atoms with Gasteiger partial charge in [0.1, 0.15) is 0 Å². The summed E-state index contributed by atoms with van der Waals surface area (Å²) in [4.78, 5) is 20.6.